The zero-order valence-corrected chi connectivity index (χ0v) is 9.39. The van der Waals surface area contributed by atoms with E-state index in [-0.39, 0.29) is 11.3 Å². The highest BCUT2D eigenvalue weighted by Crippen LogP contribution is 2.38. The Kier molecular flexibility index (Phi) is 3.87. The molecule has 1 aromatic carbocycles. The molecule has 17 heavy (non-hydrogen) atoms. The van der Waals surface area contributed by atoms with E-state index in [1.165, 1.54) is 6.92 Å². The Morgan fingerprint density at radius 2 is 2.06 bits per heavy atom. The van der Waals surface area contributed by atoms with Gasteiger partial charge >= 0.3 is 12.1 Å². The van der Waals surface area contributed by atoms with Gasteiger partial charge < -0.3 is 9.84 Å². The summed E-state index contributed by atoms with van der Waals surface area (Å²) < 4.78 is 42.2. The van der Waals surface area contributed by atoms with Crippen molar-refractivity contribution in [1.82, 2.24) is 0 Å². The minimum atomic E-state index is -4.55. The van der Waals surface area contributed by atoms with Gasteiger partial charge in [-0.25, -0.2) is 4.79 Å². The maximum atomic E-state index is 12.5. The number of hydrogen-bond donors (Lipinski definition) is 1. The second-order valence-electron chi connectivity index (χ2n) is 3.28. The van der Waals surface area contributed by atoms with Gasteiger partial charge in [0.15, 0.2) is 6.61 Å². The van der Waals surface area contributed by atoms with Gasteiger partial charge in [-0.2, -0.15) is 13.2 Å². The molecule has 0 amide bonds. The van der Waals surface area contributed by atoms with Crippen molar-refractivity contribution in [2.75, 3.05) is 6.61 Å². The lowest BCUT2D eigenvalue weighted by atomic mass is 10.1. The molecule has 0 spiro atoms. The molecule has 0 aliphatic heterocycles. The van der Waals surface area contributed by atoms with E-state index in [2.05, 4.69) is 0 Å². The number of benzene rings is 1. The first-order valence-corrected chi connectivity index (χ1v) is 4.81. The Morgan fingerprint density at radius 3 is 2.53 bits per heavy atom. The number of carbonyl (C=O) groups is 1. The number of carboxylic acid groups (broad SMARTS) is 1. The summed E-state index contributed by atoms with van der Waals surface area (Å²) in [6.45, 7) is 0.741. The number of ether oxygens (including phenoxy) is 1. The van der Waals surface area contributed by atoms with Crippen LogP contribution in [0.3, 0.4) is 0 Å². The topological polar surface area (TPSA) is 46.5 Å². The fourth-order valence-electron chi connectivity index (χ4n) is 1.18. The number of aryl methyl sites for hydroxylation is 1. The summed E-state index contributed by atoms with van der Waals surface area (Å²) in [5.74, 6) is -1.20. The van der Waals surface area contributed by atoms with E-state index in [1.54, 1.807) is 0 Å². The van der Waals surface area contributed by atoms with Crippen LogP contribution >= 0.6 is 11.6 Å². The van der Waals surface area contributed by atoms with Gasteiger partial charge in [-0.1, -0.05) is 11.6 Å². The van der Waals surface area contributed by atoms with Crippen LogP contribution in [-0.4, -0.2) is 17.7 Å². The lowest BCUT2D eigenvalue weighted by molar-refractivity contribution is -0.140. The molecule has 0 bridgehead atoms. The van der Waals surface area contributed by atoms with Crippen LogP contribution in [0.25, 0.3) is 0 Å². The lowest BCUT2D eigenvalue weighted by Crippen LogP contribution is -2.11. The first kappa shape index (κ1) is 13.6. The Balaban J connectivity index is 3.06. The van der Waals surface area contributed by atoms with Crippen LogP contribution in [-0.2, 0) is 11.0 Å². The third-order valence-electron chi connectivity index (χ3n) is 1.92. The molecule has 0 atom stereocenters. The number of alkyl halides is 3. The molecule has 94 valence electrons. The average molecular weight is 269 g/mol. The molecule has 7 heteroatoms. The summed E-state index contributed by atoms with van der Waals surface area (Å²) in [7, 11) is 0. The summed E-state index contributed by atoms with van der Waals surface area (Å²) in [5.41, 5.74) is -0.803. The SMILES string of the molecule is Cc1cc(C(F)(F)F)c(Cl)cc1OCC(=O)O. The molecule has 0 aliphatic rings. The molecule has 0 saturated carbocycles. The van der Waals surface area contributed by atoms with Gasteiger partial charge in [0.2, 0.25) is 0 Å². The van der Waals surface area contributed by atoms with Crippen molar-refractivity contribution in [3.05, 3.63) is 28.3 Å². The molecule has 1 N–H and O–H groups in total. The Bertz CT molecular complexity index is 443. The first-order chi connectivity index (χ1) is 7.71. The molecule has 1 aromatic rings. The standard InChI is InChI=1S/C10H8ClF3O3/c1-5-2-6(10(12,13)14)7(11)3-8(5)17-4-9(15)16/h2-3H,4H2,1H3,(H,15,16). The molecule has 0 unspecified atom stereocenters. The fourth-order valence-corrected chi connectivity index (χ4v) is 1.44. The summed E-state index contributed by atoms with van der Waals surface area (Å²) in [4.78, 5) is 10.3. The molecule has 3 nitrogen and oxygen atoms in total. The van der Waals surface area contributed by atoms with Gasteiger partial charge in [-0.3, -0.25) is 0 Å². The first-order valence-electron chi connectivity index (χ1n) is 4.43. The van der Waals surface area contributed by atoms with Gasteiger partial charge in [-0.05, 0) is 24.6 Å². The van der Waals surface area contributed by atoms with Crippen LogP contribution in [0, 0.1) is 6.92 Å². The van der Waals surface area contributed by atoms with Crippen LogP contribution in [0.4, 0.5) is 13.2 Å². The van der Waals surface area contributed by atoms with Gasteiger partial charge in [0.05, 0.1) is 10.6 Å². The molecule has 0 saturated heterocycles. The monoisotopic (exact) mass is 268 g/mol. The van der Waals surface area contributed by atoms with Crippen molar-refractivity contribution in [2.45, 2.75) is 13.1 Å². The Labute approximate surface area is 99.8 Å². The molecule has 0 heterocycles. The van der Waals surface area contributed by atoms with Crippen LogP contribution in [0.15, 0.2) is 12.1 Å². The third kappa shape index (κ3) is 3.52. The van der Waals surface area contributed by atoms with E-state index < -0.39 is 29.3 Å². The maximum Gasteiger partial charge on any atom is 0.417 e. The van der Waals surface area contributed by atoms with E-state index in [9.17, 15) is 18.0 Å². The summed E-state index contributed by atoms with van der Waals surface area (Å²) in [6.07, 6.45) is -4.55. The van der Waals surface area contributed by atoms with Crippen LogP contribution in [0.2, 0.25) is 5.02 Å². The maximum absolute atomic E-state index is 12.5. The molecular formula is C10H8ClF3O3. The molecular weight excluding hydrogens is 261 g/mol. The van der Waals surface area contributed by atoms with E-state index in [0.29, 0.717) is 0 Å². The quantitative estimate of drug-likeness (QED) is 0.916. The third-order valence-corrected chi connectivity index (χ3v) is 2.23. The zero-order chi connectivity index (χ0) is 13.2. The van der Waals surface area contributed by atoms with Crippen LogP contribution in [0.1, 0.15) is 11.1 Å². The fraction of sp³-hybridized carbons (Fsp3) is 0.300. The van der Waals surface area contributed by atoms with Crippen molar-refractivity contribution in [1.29, 1.82) is 0 Å². The number of rotatable bonds is 3. The lowest BCUT2D eigenvalue weighted by Gasteiger charge is -2.13. The Hall–Kier alpha value is -1.43. The van der Waals surface area contributed by atoms with Gasteiger partial charge in [0, 0.05) is 0 Å². The van der Waals surface area contributed by atoms with Crippen molar-refractivity contribution >= 4 is 17.6 Å². The Morgan fingerprint density at radius 1 is 1.47 bits per heavy atom. The zero-order valence-electron chi connectivity index (χ0n) is 8.64. The molecule has 0 radical (unpaired) electrons. The van der Waals surface area contributed by atoms with Crippen molar-refractivity contribution in [2.24, 2.45) is 0 Å². The highest BCUT2D eigenvalue weighted by Gasteiger charge is 2.33. The summed E-state index contributed by atoms with van der Waals surface area (Å²) in [6, 6.07) is 1.78. The van der Waals surface area contributed by atoms with E-state index in [4.69, 9.17) is 21.4 Å². The summed E-state index contributed by atoms with van der Waals surface area (Å²) in [5, 5.41) is 7.86. The highest BCUT2D eigenvalue weighted by atomic mass is 35.5. The summed E-state index contributed by atoms with van der Waals surface area (Å²) >= 11 is 5.45. The normalized spacial score (nSPS) is 11.4. The molecule has 0 fully saturated rings. The number of carboxylic acids is 1. The molecule has 0 aliphatic carbocycles. The second kappa shape index (κ2) is 4.83. The van der Waals surface area contributed by atoms with E-state index >= 15 is 0 Å². The van der Waals surface area contributed by atoms with Crippen molar-refractivity contribution < 1.29 is 27.8 Å². The van der Waals surface area contributed by atoms with E-state index in [1.807, 2.05) is 0 Å². The predicted molar refractivity (Wildman–Crippen MR) is 54.3 cm³/mol. The largest absolute Gasteiger partial charge is 0.482 e. The minimum absolute atomic E-state index is 0.0189. The van der Waals surface area contributed by atoms with Gasteiger partial charge in [-0.15, -0.1) is 0 Å². The van der Waals surface area contributed by atoms with Gasteiger partial charge in [0.1, 0.15) is 5.75 Å². The average Bonchev–Trinajstić information content (AvgIpc) is 2.17. The second-order valence-corrected chi connectivity index (χ2v) is 3.68. The number of hydrogen-bond acceptors (Lipinski definition) is 2. The number of halogens is 4. The predicted octanol–water partition coefficient (Wildman–Crippen LogP) is 3.13. The van der Waals surface area contributed by atoms with E-state index in [0.717, 1.165) is 12.1 Å². The minimum Gasteiger partial charge on any atom is -0.482 e. The van der Waals surface area contributed by atoms with Crippen LogP contribution in [0.5, 0.6) is 5.75 Å². The highest BCUT2D eigenvalue weighted by molar-refractivity contribution is 6.31. The smallest absolute Gasteiger partial charge is 0.417 e. The van der Waals surface area contributed by atoms with Crippen LogP contribution < -0.4 is 4.74 Å². The number of aliphatic carboxylic acids is 1. The molecule has 0 aromatic heterocycles. The van der Waals surface area contributed by atoms with Gasteiger partial charge in [0.25, 0.3) is 0 Å². The van der Waals surface area contributed by atoms with Crippen molar-refractivity contribution in [3.8, 4) is 5.75 Å². The molecule has 1 rings (SSSR count). The van der Waals surface area contributed by atoms with Crippen molar-refractivity contribution in [3.63, 3.8) is 0 Å².